The van der Waals surface area contributed by atoms with Gasteiger partial charge < -0.3 is 14.4 Å². The van der Waals surface area contributed by atoms with Gasteiger partial charge in [0.2, 0.25) is 0 Å². The number of nitrogens with zero attached hydrogens (tertiary/aromatic N) is 3. The van der Waals surface area contributed by atoms with Crippen LogP contribution in [-0.2, 0) is 6.18 Å². The summed E-state index contributed by atoms with van der Waals surface area (Å²) in [7, 11) is 3.20. The van der Waals surface area contributed by atoms with Crippen LogP contribution in [0.3, 0.4) is 0 Å². The number of ether oxygens (including phenoxy) is 2. The number of benzene rings is 1. The molecule has 0 atom stereocenters. The maximum Gasteiger partial charge on any atom is 0.417 e. The van der Waals surface area contributed by atoms with Gasteiger partial charge in [0.25, 0.3) is 5.88 Å². The Bertz CT molecular complexity index is 845. The van der Waals surface area contributed by atoms with E-state index >= 15 is 0 Å². The number of aromatic nitrogens is 1. The summed E-state index contributed by atoms with van der Waals surface area (Å²) in [5.41, 5.74) is -0.691. The van der Waals surface area contributed by atoms with Gasteiger partial charge in [-0.05, 0) is 25.1 Å². The second-order valence-corrected chi connectivity index (χ2v) is 6.13. The molecule has 2 aromatic rings. The zero-order chi connectivity index (χ0) is 20.2. The van der Waals surface area contributed by atoms with Gasteiger partial charge in [0, 0.05) is 19.7 Å². The Morgan fingerprint density at radius 1 is 1.26 bits per heavy atom. The standard InChI is InChI=1S/C17H16Cl2F3N3O2/c1-4-25(2)9-23-13-8-14(26-3)16(24-15(13)19)27-10-5-6-12(18)11(7-10)17(20,21)22/h5-9H,4H2,1-3H3. The van der Waals surface area contributed by atoms with Crippen molar-refractivity contribution in [1.29, 1.82) is 0 Å². The summed E-state index contributed by atoms with van der Waals surface area (Å²) in [4.78, 5) is 10.0. The van der Waals surface area contributed by atoms with E-state index in [9.17, 15) is 13.2 Å². The second-order valence-electron chi connectivity index (χ2n) is 5.36. The van der Waals surface area contributed by atoms with Crippen LogP contribution in [0.2, 0.25) is 10.2 Å². The third kappa shape index (κ3) is 5.40. The number of rotatable bonds is 6. The van der Waals surface area contributed by atoms with Crippen molar-refractivity contribution >= 4 is 35.2 Å². The lowest BCUT2D eigenvalue weighted by atomic mass is 10.2. The van der Waals surface area contributed by atoms with Crippen molar-refractivity contribution in [3.63, 3.8) is 0 Å². The molecule has 27 heavy (non-hydrogen) atoms. The van der Waals surface area contributed by atoms with Crippen molar-refractivity contribution in [2.24, 2.45) is 4.99 Å². The van der Waals surface area contributed by atoms with Gasteiger partial charge in [-0.1, -0.05) is 23.2 Å². The first-order valence-corrected chi connectivity index (χ1v) is 8.44. The predicted molar refractivity (Wildman–Crippen MR) is 98.8 cm³/mol. The van der Waals surface area contributed by atoms with Crippen molar-refractivity contribution in [3.8, 4) is 17.4 Å². The molecular weight excluding hydrogens is 406 g/mol. The molecule has 0 unspecified atom stereocenters. The number of hydrogen-bond donors (Lipinski definition) is 0. The predicted octanol–water partition coefficient (Wildman–Crippen LogP) is 5.82. The van der Waals surface area contributed by atoms with E-state index in [1.807, 2.05) is 18.9 Å². The highest BCUT2D eigenvalue weighted by Gasteiger charge is 2.33. The highest BCUT2D eigenvalue weighted by atomic mass is 35.5. The minimum absolute atomic E-state index is 0.0107. The van der Waals surface area contributed by atoms with Crippen LogP contribution < -0.4 is 9.47 Å². The summed E-state index contributed by atoms with van der Waals surface area (Å²) in [5, 5.41) is -0.422. The monoisotopic (exact) mass is 421 g/mol. The minimum Gasteiger partial charge on any atom is -0.491 e. The molecule has 0 fully saturated rings. The Hall–Kier alpha value is -2.19. The number of halogens is 5. The molecule has 0 saturated heterocycles. The van der Waals surface area contributed by atoms with Crippen LogP contribution in [0.5, 0.6) is 17.4 Å². The summed E-state index contributed by atoms with van der Waals surface area (Å²) in [6.07, 6.45) is -3.05. The molecule has 5 nitrogen and oxygen atoms in total. The van der Waals surface area contributed by atoms with E-state index in [0.29, 0.717) is 5.69 Å². The summed E-state index contributed by atoms with van der Waals surface area (Å²) < 4.78 is 49.6. The lowest BCUT2D eigenvalue weighted by Crippen LogP contribution is -2.14. The molecule has 2 rings (SSSR count). The van der Waals surface area contributed by atoms with Crippen molar-refractivity contribution in [2.45, 2.75) is 13.1 Å². The van der Waals surface area contributed by atoms with Gasteiger partial charge in [-0.2, -0.15) is 18.2 Å². The Kier molecular flexibility index (Phi) is 6.78. The topological polar surface area (TPSA) is 47.0 Å². The molecule has 0 aliphatic carbocycles. The summed E-state index contributed by atoms with van der Waals surface area (Å²) in [6.45, 7) is 2.69. The SMILES string of the molecule is CCN(C)C=Nc1cc(OC)c(Oc2ccc(Cl)c(C(F)(F)F)c2)nc1Cl. The third-order valence-corrected chi connectivity index (χ3v) is 4.07. The van der Waals surface area contributed by atoms with E-state index < -0.39 is 16.8 Å². The molecule has 0 bridgehead atoms. The first kappa shape index (κ1) is 21.1. The van der Waals surface area contributed by atoms with E-state index in [2.05, 4.69) is 9.98 Å². The van der Waals surface area contributed by atoms with Crippen LogP contribution in [0.4, 0.5) is 18.9 Å². The molecule has 0 N–H and O–H groups in total. The van der Waals surface area contributed by atoms with Crippen LogP contribution in [-0.4, -0.2) is 36.9 Å². The number of pyridine rings is 1. The van der Waals surface area contributed by atoms with Gasteiger partial charge in [0.15, 0.2) is 10.9 Å². The van der Waals surface area contributed by atoms with Crippen LogP contribution in [0.1, 0.15) is 12.5 Å². The molecular formula is C17H16Cl2F3N3O2. The fourth-order valence-electron chi connectivity index (χ4n) is 1.90. The van der Waals surface area contributed by atoms with Gasteiger partial charge in [0.1, 0.15) is 11.4 Å². The van der Waals surface area contributed by atoms with Crippen LogP contribution in [0, 0.1) is 0 Å². The van der Waals surface area contributed by atoms with E-state index in [-0.39, 0.29) is 22.5 Å². The maximum absolute atomic E-state index is 13.0. The molecule has 1 heterocycles. The highest BCUT2D eigenvalue weighted by Crippen LogP contribution is 2.40. The molecule has 0 saturated carbocycles. The zero-order valence-electron chi connectivity index (χ0n) is 14.6. The van der Waals surface area contributed by atoms with Crippen molar-refractivity contribution < 1.29 is 22.6 Å². The molecule has 1 aromatic heterocycles. The molecule has 0 radical (unpaired) electrons. The molecule has 0 aliphatic heterocycles. The number of alkyl halides is 3. The fourth-order valence-corrected chi connectivity index (χ4v) is 2.30. The zero-order valence-corrected chi connectivity index (χ0v) is 16.2. The lowest BCUT2D eigenvalue weighted by Gasteiger charge is -2.14. The van der Waals surface area contributed by atoms with Gasteiger partial charge in [-0.3, -0.25) is 0 Å². The number of aliphatic imine (C=N–C) groups is 1. The average molecular weight is 422 g/mol. The largest absolute Gasteiger partial charge is 0.491 e. The lowest BCUT2D eigenvalue weighted by molar-refractivity contribution is -0.137. The van der Waals surface area contributed by atoms with Crippen molar-refractivity contribution in [1.82, 2.24) is 9.88 Å². The normalized spacial score (nSPS) is 11.7. The van der Waals surface area contributed by atoms with Crippen LogP contribution in [0.15, 0.2) is 29.3 Å². The number of methoxy groups -OCH3 is 1. The smallest absolute Gasteiger partial charge is 0.417 e. The van der Waals surface area contributed by atoms with Crippen molar-refractivity contribution in [2.75, 3.05) is 20.7 Å². The van der Waals surface area contributed by atoms with Gasteiger partial charge in [-0.15, -0.1) is 0 Å². The Morgan fingerprint density at radius 2 is 1.96 bits per heavy atom. The van der Waals surface area contributed by atoms with E-state index in [0.717, 1.165) is 18.7 Å². The minimum atomic E-state index is -4.62. The molecule has 1 aromatic carbocycles. The van der Waals surface area contributed by atoms with Gasteiger partial charge in [0.05, 0.1) is 24.0 Å². The second kappa shape index (κ2) is 8.67. The Labute approximate surface area is 164 Å². The molecule has 146 valence electrons. The first-order valence-electron chi connectivity index (χ1n) is 7.69. The maximum atomic E-state index is 13.0. The molecule has 0 amide bonds. The van der Waals surface area contributed by atoms with Crippen LogP contribution in [0.25, 0.3) is 0 Å². The van der Waals surface area contributed by atoms with E-state index in [1.165, 1.54) is 19.2 Å². The average Bonchev–Trinajstić information content (AvgIpc) is 2.61. The quantitative estimate of drug-likeness (QED) is 0.335. The first-order chi connectivity index (χ1) is 12.7. The third-order valence-electron chi connectivity index (χ3n) is 3.46. The highest BCUT2D eigenvalue weighted by molar-refractivity contribution is 6.32. The van der Waals surface area contributed by atoms with Crippen molar-refractivity contribution in [3.05, 3.63) is 40.0 Å². The summed E-state index contributed by atoms with van der Waals surface area (Å²) >= 11 is 11.7. The Morgan fingerprint density at radius 3 is 2.56 bits per heavy atom. The summed E-state index contributed by atoms with van der Waals surface area (Å²) in [6, 6.07) is 4.63. The van der Waals surface area contributed by atoms with E-state index in [4.69, 9.17) is 32.7 Å². The molecule has 10 heteroatoms. The van der Waals surface area contributed by atoms with Crippen LogP contribution >= 0.6 is 23.2 Å². The van der Waals surface area contributed by atoms with Gasteiger partial charge in [-0.25, -0.2) is 4.99 Å². The molecule has 0 spiro atoms. The molecule has 0 aliphatic rings. The van der Waals surface area contributed by atoms with Gasteiger partial charge >= 0.3 is 6.18 Å². The van der Waals surface area contributed by atoms with E-state index in [1.54, 1.807) is 6.34 Å². The Balaban J connectivity index is 2.37. The fraction of sp³-hybridized carbons (Fsp3) is 0.294. The summed E-state index contributed by atoms with van der Waals surface area (Å²) in [5.74, 6) is -0.0505. The number of hydrogen-bond acceptors (Lipinski definition) is 4.